The predicted octanol–water partition coefficient (Wildman–Crippen LogP) is 2.59. The fourth-order valence-electron chi connectivity index (χ4n) is 1.89. The molecule has 23 heavy (non-hydrogen) atoms. The summed E-state index contributed by atoms with van der Waals surface area (Å²) >= 11 is 0. The molecule has 0 aliphatic carbocycles. The molecule has 2 N–H and O–H groups in total. The molecule has 120 valence electrons. The van der Waals surface area contributed by atoms with Crippen LogP contribution in [0.4, 0.5) is 5.69 Å². The number of anilines is 1. The molecule has 0 fully saturated rings. The molecule has 0 radical (unpaired) electrons. The molecule has 0 unspecified atom stereocenters. The van der Waals surface area contributed by atoms with Crippen LogP contribution in [0.25, 0.3) is 6.08 Å². The van der Waals surface area contributed by atoms with E-state index in [4.69, 9.17) is 9.84 Å². The van der Waals surface area contributed by atoms with E-state index in [1.807, 2.05) is 0 Å². The molecular formula is C16H15NO5S. The van der Waals surface area contributed by atoms with E-state index in [1.165, 1.54) is 25.3 Å². The zero-order chi connectivity index (χ0) is 16.9. The maximum atomic E-state index is 12.5. The highest BCUT2D eigenvalue weighted by molar-refractivity contribution is 7.92. The highest BCUT2D eigenvalue weighted by Crippen LogP contribution is 2.27. The molecule has 0 heterocycles. The Morgan fingerprint density at radius 2 is 1.87 bits per heavy atom. The Kier molecular flexibility index (Phi) is 5.02. The SMILES string of the molecule is COc1ccc(C=CC(=O)O)cc1S(=O)(=O)Nc1ccccc1. The van der Waals surface area contributed by atoms with Crippen molar-refractivity contribution in [3.05, 3.63) is 60.2 Å². The van der Waals surface area contributed by atoms with Crippen molar-refractivity contribution in [3.63, 3.8) is 0 Å². The fourth-order valence-corrected chi connectivity index (χ4v) is 3.15. The zero-order valence-electron chi connectivity index (χ0n) is 12.3. The Morgan fingerprint density at radius 1 is 1.17 bits per heavy atom. The Hall–Kier alpha value is -2.80. The van der Waals surface area contributed by atoms with Crippen LogP contribution in [0.2, 0.25) is 0 Å². The van der Waals surface area contributed by atoms with E-state index >= 15 is 0 Å². The summed E-state index contributed by atoms with van der Waals surface area (Å²) in [6, 6.07) is 12.8. The number of ether oxygens (including phenoxy) is 1. The highest BCUT2D eigenvalue weighted by Gasteiger charge is 2.20. The molecule has 0 saturated heterocycles. The number of hydrogen-bond acceptors (Lipinski definition) is 4. The molecule has 6 nitrogen and oxygen atoms in total. The molecule has 2 rings (SSSR count). The molecule has 0 aliphatic rings. The van der Waals surface area contributed by atoms with Crippen LogP contribution in [0.15, 0.2) is 59.5 Å². The van der Waals surface area contributed by atoms with Gasteiger partial charge < -0.3 is 9.84 Å². The van der Waals surface area contributed by atoms with Crippen LogP contribution in [-0.2, 0) is 14.8 Å². The molecular weight excluding hydrogens is 318 g/mol. The first-order chi connectivity index (χ1) is 10.9. The van der Waals surface area contributed by atoms with Gasteiger partial charge in [0.1, 0.15) is 10.6 Å². The standard InChI is InChI=1S/C16H15NO5S/c1-22-14-9-7-12(8-10-16(18)19)11-15(14)23(20,21)17-13-5-3-2-4-6-13/h2-11,17H,1H3,(H,18,19). The van der Waals surface area contributed by atoms with Crippen molar-refractivity contribution < 1.29 is 23.1 Å². The van der Waals surface area contributed by atoms with Crippen LogP contribution in [-0.4, -0.2) is 26.6 Å². The minimum absolute atomic E-state index is 0.0728. The first-order valence-electron chi connectivity index (χ1n) is 6.59. The molecule has 7 heteroatoms. The van der Waals surface area contributed by atoms with E-state index < -0.39 is 16.0 Å². The number of carboxylic acids is 1. The minimum Gasteiger partial charge on any atom is -0.495 e. The zero-order valence-corrected chi connectivity index (χ0v) is 13.1. The van der Waals surface area contributed by atoms with Crippen LogP contribution >= 0.6 is 0 Å². The normalized spacial score (nSPS) is 11.3. The lowest BCUT2D eigenvalue weighted by Gasteiger charge is -2.12. The summed E-state index contributed by atoms with van der Waals surface area (Å²) in [4.78, 5) is 10.5. The molecule has 2 aromatic carbocycles. The number of rotatable bonds is 6. The summed E-state index contributed by atoms with van der Waals surface area (Å²) in [7, 11) is -2.51. The number of aliphatic carboxylic acids is 1. The van der Waals surface area contributed by atoms with Crippen LogP contribution in [0.5, 0.6) is 5.75 Å². The van der Waals surface area contributed by atoms with E-state index in [1.54, 1.807) is 36.4 Å². The van der Waals surface area contributed by atoms with Crippen molar-refractivity contribution in [1.82, 2.24) is 0 Å². The Bertz CT molecular complexity index is 829. The topological polar surface area (TPSA) is 92.7 Å². The number of nitrogens with one attached hydrogen (secondary N) is 1. The Morgan fingerprint density at radius 3 is 2.48 bits per heavy atom. The second-order valence-electron chi connectivity index (χ2n) is 4.55. The number of hydrogen-bond donors (Lipinski definition) is 2. The second-order valence-corrected chi connectivity index (χ2v) is 6.20. The van der Waals surface area contributed by atoms with E-state index in [-0.39, 0.29) is 10.6 Å². The van der Waals surface area contributed by atoms with Crippen LogP contribution in [0, 0.1) is 0 Å². The second kappa shape index (κ2) is 6.97. The van der Waals surface area contributed by atoms with Crippen molar-refractivity contribution in [1.29, 1.82) is 0 Å². The summed E-state index contributed by atoms with van der Waals surface area (Å²) in [5, 5.41) is 8.66. The van der Waals surface area contributed by atoms with Gasteiger partial charge in [-0.2, -0.15) is 0 Å². The number of carbonyl (C=O) groups is 1. The third kappa shape index (κ3) is 4.33. The van der Waals surface area contributed by atoms with Crippen molar-refractivity contribution in [3.8, 4) is 5.75 Å². The quantitative estimate of drug-likeness (QED) is 0.793. The third-order valence-corrected chi connectivity index (χ3v) is 4.32. The summed E-state index contributed by atoms with van der Waals surface area (Å²) in [6.45, 7) is 0. The Balaban J connectivity index is 2.42. The molecule has 0 spiro atoms. The largest absolute Gasteiger partial charge is 0.495 e. The fraction of sp³-hybridized carbons (Fsp3) is 0.0625. The van der Waals surface area contributed by atoms with Gasteiger partial charge in [-0.15, -0.1) is 0 Å². The molecule has 0 amide bonds. The lowest BCUT2D eigenvalue weighted by molar-refractivity contribution is -0.131. The number of benzene rings is 2. The first kappa shape index (κ1) is 16.6. The first-order valence-corrected chi connectivity index (χ1v) is 8.07. The summed E-state index contributed by atoms with van der Waals surface area (Å²) < 4.78 is 32.6. The average Bonchev–Trinajstić information content (AvgIpc) is 2.53. The van der Waals surface area contributed by atoms with Crippen molar-refractivity contribution in [2.24, 2.45) is 0 Å². The molecule has 0 aliphatic heterocycles. The lowest BCUT2D eigenvalue weighted by atomic mass is 10.2. The van der Waals surface area contributed by atoms with E-state index in [9.17, 15) is 13.2 Å². The average molecular weight is 333 g/mol. The van der Waals surface area contributed by atoms with Gasteiger partial charge in [-0.3, -0.25) is 4.72 Å². The number of methoxy groups -OCH3 is 1. The minimum atomic E-state index is -3.87. The van der Waals surface area contributed by atoms with Crippen LogP contribution < -0.4 is 9.46 Å². The summed E-state index contributed by atoms with van der Waals surface area (Å²) in [5.74, 6) is -0.950. The number of para-hydroxylation sites is 1. The van der Waals surface area contributed by atoms with Crippen LogP contribution in [0.3, 0.4) is 0 Å². The van der Waals surface area contributed by atoms with Gasteiger partial charge in [0.2, 0.25) is 0 Å². The van der Waals surface area contributed by atoms with Crippen molar-refractivity contribution in [2.75, 3.05) is 11.8 Å². The maximum absolute atomic E-state index is 12.5. The van der Waals surface area contributed by atoms with Gasteiger partial charge in [0.15, 0.2) is 0 Å². The lowest BCUT2D eigenvalue weighted by Crippen LogP contribution is -2.14. The monoisotopic (exact) mass is 333 g/mol. The van der Waals surface area contributed by atoms with E-state index in [0.29, 0.717) is 11.3 Å². The van der Waals surface area contributed by atoms with Gasteiger partial charge in [0, 0.05) is 11.8 Å². The molecule has 0 aromatic heterocycles. The molecule has 0 atom stereocenters. The molecule has 2 aromatic rings. The molecule has 0 saturated carbocycles. The maximum Gasteiger partial charge on any atom is 0.328 e. The Labute approximate surface area is 134 Å². The molecule has 0 bridgehead atoms. The van der Waals surface area contributed by atoms with E-state index in [0.717, 1.165) is 6.08 Å². The summed E-state index contributed by atoms with van der Waals surface area (Å²) in [6.07, 6.45) is 2.24. The predicted molar refractivity (Wildman–Crippen MR) is 86.9 cm³/mol. The smallest absolute Gasteiger partial charge is 0.328 e. The van der Waals surface area contributed by atoms with Gasteiger partial charge in [0.05, 0.1) is 7.11 Å². The van der Waals surface area contributed by atoms with Gasteiger partial charge in [-0.05, 0) is 35.9 Å². The van der Waals surface area contributed by atoms with Crippen molar-refractivity contribution in [2.45, 2.75) is 4.90 Å². The van der Waals surface area contributed by atoms with Crippen molar-refractivity contribution >= 4 is 27.8 Å². The van der Waals surface area contributed by atoms with Crippen LogP contribution in [0.1, 0.15) is 5.56 Å². The number of carboxylic acid groups (broad SMARTS) is 1. The van der Waals surface area contributed by atoms with E-state index in [2.05, 4.69) is 4.72 Å². The van der Waals surface area contributed by atoms with Gasteiger partial charge in [0.25, 0.3) is 10.0 Å². The van der Waals surface area contributed by atoms with Gasteiger partial charge >= 0.3 is 5.97 Å². The third-order valence-electron chi connectivity index (χ3n) is 2.92. The van der Waals surface area contributed by atoms with Gasteiger partial charge in [-0.25, -0.2) is 13.2 Å². The number of sulfonamides is 1. The summed E-state index contributed by atoms with van der Waals surface area (Å²) in [5.41, 5.74) is 0.850. The van der Waals surface area contributed by atoms with Gasteiger partial charge in [-0.1, -0.05) is 24.3 Å². The highest BCUT2D eigenvalue weighted by atomic mass is 32.2.